The van der Waals surface area contributed by atoms with E-state index in [1.807, 2.05) is 89.8 Å². The third-order valence-corrected chi connectivity index (χ3v) is 4.04. The van der Waals surface area contributed by atoms with Crippen molar-refractivity contribution < 1.29 is 4.57 Å². The van der Waals surface area contributed by atoms with Crippen LogP contribution in [0.1, 0.15) is 17.3 Å². The molecule has 4 nitrogen and oxygen atoms in total. The Morgan fingerprint density at radius 2 is 1.50 bits per heavy atom. The van der Waals surface area contributed by atoms with Crippen LogP contribution in [-0.4, -0.2) is 9.97 Å². The molecule has 2 heterocycles. The number of fused-ring (bicyclic) bond motifs is 1. The minimum absolute atomic E-state index is 0.168. The van der Waals surface area contributed by atoms with Gasteiger partial charge in [0, 0.05) is 17.7 Å². The van der Waals surface area contributed by atoms with Crippen molar-refractivity contribution in [2.24, 2.45) is 0 Å². The molecule has 4 heteroatoms. The fourth-order valence-electron chi connectivity index (χ4n) is 2.92. The van der Waals surface area contributed by atoms with E-state index in [4.69, 9.17) is 0 Å². The van der Waals surface area contributed by atoms with Gasteiger partial charge in [0.2, 0.25) is 6.04 Å². The molecular weight excluding hydrogens is 298 g/mol. The van der Waals surface area contributed by atoms with Crippen LogP contribution < -0.4 is 10.1 Å². The monoisotopic (exact) mass is 314 g/mol. The quantitative estimate of drug-likeness (QED) is 0.591. The third-order valence-electron chi connectivity index (χ3n) is 4.04. The van der Waals surface area contributed by atoms with E-state index >= 15 is 0 Å². The van der Waals surface area contributed by atoms with E-state index in [9.17, 15) is 4.79 Å². The normalized spacial score (nSPS) is 12.2. The molecule has 0 radical (unpaired) electrons. The number of benzene rings is 2. The standard InChI is InChI=1S/C20H15N3O/c24-20-18(21-16-11-5-6-12-17(16)22-20)19(15-9-3-1-4-10-15)23-13-7-2-8-14-23/h1-14,19H/p+1/t19-/m1/s1. The summed E-state index contributed by atoms with van der Waals surface area (Å²) in [4.78, 5) is 20.3. The molecule has 0 aliphatic heterocycles. The van der Waals surface area contributed by atoms with Gasteiger partial charge in [-0.2, -0.15) is 4.57 Å². The molecule has 0 spiro atoms. The second kappa shape index (κ2) is 6.08. The van der Waals surface area contributed by atoms with Crippen molar-refractivity contribution in [3.63, 3.8) is 0 Å². The van der Waals surface area contributed by atoms with Crippen LogP contribution in [0.2, 0.25) is 0 Å². The predicted molar refractivity (Wildman–Crippen MR) is 92.7 cm³/mol. The van der Waals surface area contributed by atoms with Crippen LogP contribution in [0.15, 0.2) is 90.0 Å². The van der Waals surface area contributed by atoms with Crippen molar-refractivity contribution >= 4 is 11.0 Å². The van der Waals surface area contributed by atoms with Gasteiger partial charge in [-0.3, -0.25) is 4.79 Å². The van der Waals surface area contributed by atoms with Crippen molar-refractivity contribution in [2.45, 2.75) is 6.04 Å². The number of nitrogens with one attached hydrogen (secondary N) is 1. The molecule has 4 rings (SSSR count). The number of aromatic nitrogens is 3. The first-order chi connectivity index (χ1) is 11.8. The molecule has 0 aliphatic rings. The lowest BCUT2D eigenvalue weighted by atomic mass is 10.0. The van der Waals surface area contributed by atoms with Crippen LogP contribution in [0.3, 0.4) is 0 Å². The molecule has 0 unspecified atom stereocenters. The number of aromatic amines is 1. The number of rotatable bonds is 3. The molecule has 1 atom stereocenters. The molecule has 0 saturated heterocycles. The van der Waals surface area contributed by atoms with E-state index in [1.165, 1.54) is 0 Å². The number of pyridine rings is 1. The zero-order valence-corrected chi connectivity index (χ0v) is 13.0. The van der Waals surface area contributed by atoms with E-state index in [0.717, 1.165) is 16.6 Å². The Kier molecular flexibility index (Phi) is 3.63. The lowest BCUT2D eigenvalue weighted by Gasteiger charge is -2.12. The summed E-state index contributed by atoms with van der Waals surface area (Å²) in [5, 5.41) is 0. The maximum absolute atomic E-state index is 12.7. The first-order valence-electron chi connectivity index (χ1n) is 7.82. The van der Waals surface area contributed by atoms with E-state index in [2.05, 4.69) is 9.97 Å². The maximum atomic E-state index is 12.7. The van der Waals surface area contributed by atoms with Gasteiger partial charge < -0.3 is 4.98 Å². The highest BCUT2D eigenvalue weighted by Gasteiger charge is 2.27. The Morgan fingerprint density at radius 1 is 0.833 bits per heavy atom. The molecule has 0 fully saturated rings. The maximum Gasteiger partial charge on any atom is 0.277 e. The van der Waals surface area contributed by atoms with Gasteiger partial charge in [0.25, 0.3) is 5.56 Å². The zero-order chi connectivity index (χ0) is 16.4. The summed E-state index contributed by atoms with van der Waals surface area (Å²) in [6, 6.07) is 23.1. The van der Waals surface area contributed by atoms with Crippen molar-refractivity contribution in [2.75, 3.05) is 0 Å². The average Bonchev–Trinajstić information content (AvgIpc) is 2.64. The first kappa shape index (κ1) is 14.3. The third kappa shape index (κ3) is 2.58. The van der Waals surface area contributed by atoms with Crippen LogP contribution in [0, 0.1) is 0 Å². The number of H-pyrrole nitrogens is 1. The molecule has 0 aliphatic carbocycles. The van der Waals surface area contributed by atoms with Gasteiger partial charge in [0.1, 0.15) is 0 Å². The SMILES string of the molecule is O=c1[nH]c2ccccc2nc1[C@@H](c1ccccc1)[n+]1ccccc1. The average molecular weight is 314 g/mol. The molecule has 4 aromatic rings. The van der Waals surface area contributed by atoms with Crippen molar-refractivity contribution in [1.82, 2.24) is 9.97 Å². The van der Waals surface area contributed by atoms with Crippen LogP contribution in [0.25, 0.3) is 11.0 Å². The molecule has 0 bridgehead atoms. The fourth-order valence-corrected chi connectivity index (χ4v) is 2.92. The van der Waals surface area contributed by atoms with E-state index < -0.39 is 0 Å². The molecule has 0 saturated carbocycles. The van der Waals surface area contributed by atoms with Gasteiger partial charge in [-0.05, 0) is 12.1 Å². The van der Waals surface area contributed by atoms with Crippen molar-refractivity contribution in [3.8, 4) is 0 Å². The number of para-hydroxylation sites is 2. The largest absolute Gasteiger partial charge is 0.319 e. The summed E-state index contributed by atoms with van der Waals surface area (Å²) in [6.45, 7) is 0. The molecular formula is C20H16N3O+. The molecule has 2 aromatic carbocycles. The zero-order valence-electron chi connectivity index (χ0n) is 13.0. The topological polar surface area (TPSA) is 49.6 Å². The smallest absolute Gasteiger partial charge is 0.277 e. The highest BCUT2D eigenvalue weighted by atomic mass is 16.1. The van der Waals surface area contributed by atoms with E-state index in [0.29, 0.717) is 5.69 Å². The first-order valence-corrected chi connectivity index (χ1v) is 7.82. The Hall–Kier alpha value is -3.27. The lowest BCUT2D eigenvalue weighted by Crippen LogP contribution is -2.43. The van der Waals surface area contributed by atoms with Gasteiger partial charge in [0.05, 0.1) is 11.0 Å². The summed E-state index contributed by atoms with van der Waals surface area (Å²) in [5.74, 6) is 0. The lowest BCUT2D eigenvalue weighted by molar-refractivity contribution is -0.705. The van der Waals surface area contributed by atoms with Crippen LogP contribution in [0.5, 0.6) is 0 Å². The summed E-state index contributed by atoms with van der Waals surface area (Å²) in [7, 11) is 0. The van der Waals surface area contributed by atoms with Gasteiger partial charge in [-0.1, -0.05) is 48.5 Å². The summed E-state index contributed by atoms with van der Waals surface area (Å²) < 4.78 is 2.00. The van der Waals surface area contributed by atoms with Crippen molar-refractivity contribution in [1.29, 1.82) is 0 Å². The van der Waals surface area contributed by atoms with E-state index in [-0.39, 0.29) is 11.6 Å². The summed E-state index contributed by atoms with van der Waals surface area (Å²) in [6.07, 6.45) is 3.90. The molecule has 2 aromatic heterocycles. The summed E-state index contributed by atoms with van der Waals surface area (Å²) in [5.41, 5.74) is 2.86. The minimum Gasteiger partial charge on any atom is -0.319 e. The van der Waals surface area contributed by atoms with Gasteiger partial charge in [0.15, 0.2) is 18.1 Å². The second-order valence-corrected chi connectivity index (χ2v) is 5.60. The molecule has 24 heavy (non-hydrogen) atoms. The second-order valence-electron chi connectivity index (χ2n) is 5.60. The highest BCUT2D eigenvalue weighted by Crippen LogP contribution is 2.18. The Bertz CT molecular complexity index is 987. The fraction of sp³-hybridized carbons (Fsp3) is 0.0500. The molecule has 0 amide bonds. The van der Waals surface area contributed by atoms with Gasteiger partial charge in [-0.15, -0.1) is 0 Å². The Balaban J connectivity index is 1.97. The minimum atomic E-state index is -0.277. The number of hydrogen-bond donors (Lipinski definition) is 1. The van der Waals surface area contributed by atoms with Gasteiger partial charge in [-0.25, -0.2) is 4.98 Å². The van der Waals surface area contributed by atoms with Crippen LogP contribution in [-0.2, 0) is 0 Å². The Labute approximate surface area is 139 Å². The molecule has 116 valence electrons. The molecule has 1 N–H and O–H groups in total. The van der Waals surface area contributed by atoms with Crippen molar-refractivity contribution in [3.05, 3.63) is 107 Å². The Morgan fingerprint density at radius 3 is 2.29 bits per heavy atom. The van der Waals surface area contributed by atoms with E-state index in [1.54, 1.807) is 0 Å². The number of hydrogen-bond acceptors (Lipinski definition) is 2. The van der Waals surface area contributed by atoms with Crippen LogP contribution in [0.4, 0.5) is 0 Å². The number of nitrogens with zero attached hydrogens (tertiary/aromatic N) is 2. The highest BCUT2D eigenvalue weighted by molar-refractivity contribution is 5.73. The van der Waals surface area contributed by atoms with Gasteiger partial charge >= 0.3 is 0 Å². The summed E-state index contributed by atoms with van der Waals surface area (Å²) >= 11 is 0. The van der Waals surface area contributed by atoms with Crippen LogP contribution >= 0.6 is 0 Å². The predicted octanol–water partition coefficient (Wildman–Crippen LogP) is 2.85.